The van der Waals surface area contributed by atoms with E-state index in [4.69, 9.17) is 18.9 Å². The molecule has 9 N–H and O–H groups in total. The van der Waals surface area contributed by atoms with E-state index < -0.39 is 86.8 Å². The fourth-order valence-electron chi connectivity index (χ4n) is 10.4. The third kappa shape index (κ3) is 40.8. The van der Waals surface area contributed by atoms with Gasteiger partial charge in [-0.3, -0.25) is 4.79 Å². The molecule has 0 saturated carbocycles. The predicted octanol–water partition coefficient (Wildman–Crippen LogP) is 13.9. The van der Waals surface area contributed by atoms with Crippen molar-refractivity contribution in [1.82, 2.24) is 5.32 Å². The molecule has 0 aromatic heterocycles. The molecule has 12 atom stereocenters. The lowest BCUT2D eigenvalue weighted by atomic mass is 9.97. The maximum absolute atomic E-state index is 13.3. The van der Waals surface area contributed by atoms with Gasteiger partial charge in [0.05, 0.1) is 32.0 Å². The lowest BCUT2D eigenvalue weighted by Crippen LogP contribution is -2.65. The summed E-state index contributed by atoms with van der Waals surface area (Å²) in [5.41, 5.74) is 0. The van der Waals surface area contributed by atoms with Gasteiger partial charge >= 0.3 is 0 Å². The maximum atomic E-state index is 13.3. The number of ether oxygens (including phenoxy) is 4. The molecule has 0 aromatic carbocycles. The van der Waals surface area contributed by atoms with Gasteiger partial charge in [-0.2, -0.15) is 0 Å². The van der Waals surface area contributed by atoms with Crippen LogP contribution in [0.25, 0.3) is 0 Å². The number of unbranched alkanes of at least 4 members (excludes halogenated alkanes) is 21. The van der Waals surface area contributed by atoms with Gasteiger partial charge in [0, 0.05) is 6.42 Å². The number of aliphatic hydroxyl groups excluding tert-OH is 8. The SMILES string of the molecule is CC/C=C\C/C=C\C/C=C\C/C=C\C/C=C\C/C=C\C/C=C\C/C=C\C/C=C\C/C=C\CCCCCCCCCCCCC(=O)NC(COC1OC(CO)C(OC2OC(CO)C(O)C(O)C2O)C(O)C1O)C(O)/C=C/CCCCCCCCCCCCC. The number of carbonyl (C=O) groups is 1. The fourth-order valence-corrected chi connectivity index (χ4v) is 10.4. The summed E-state index contributed by atoms with van der Waals surface area (Å²) >= 11 is 0. The van der Waals surface area contributed by atoms with Crippen LogP contribution in [0.4, 0.5) is 0 Å². The Bertz CT molecular complexity index is 1990. The quantitative estimate of drug-likeness (QED) is 0.0204. The van der Waals surface area contributed by atoms with Crippen molar-refractivity contribution in [3.63, 3.8) is 0 Å². The molecule has 0 aromatic rings. The first-order chi connectivity index (χ1) is 43.1. The van der Waals surface area contributed by atoms with Gasteiger partial charge in [-0.1, -0.05) is 263 Å². The van der Waals surface area contributed by atoms with Crippen LogP contribution in [0.15, 0.2) is 134 Å². The van der Waals surface area contributed by atoms with Crippen molar-refractivity contribution >= 4 is 5.91 Å². The Morgan fingerprint density at radius 1 is 0.420 bits per heavy atom. The molecule has 0 bridgehead atoms. The zero-order valence-electron chi connectivity index (χ0n) is 54.4. The van der Waals surface area contributed by atoms with Crippen LogP contribution in [0.2, 0.25) is 0 Å². The molecule has 2 aliphatic rings. The Hall–Kier alpha value is -3.87. The van der Waals surface area contributed by atoms with Crippen LogP contribution >= 0.6 is 0 Å². The second kappa shape index (κ2) is 57.1. The van der Waals surface area contributed by atoms with Crippen molar-refractivity contribution in [2.45, 2.75) is 306 Å². The van der Waals surface area contributed by atoms with Crippen molar-refractivity contribution in [2.75, 3.05) is 19.8 Å². The van der Waals surface area contributed by atoms with Crippen LogP contribution in [0.1, 0.15) is 232 Å². The normalized spacial score (nSPS) is 24.0. The van der Waals surface area contributed by atoms with Crippen molar-refractivity contribution in [2.24, 2.45) is 0 Å². The number of allylic oxidation sites excluding steroid dienone is 21. The van der Waals surface area contributed by atoms with E-state index in [1.807, 2.05) is 6.08 Å². The monoisotopic (exact) mass is 1230 g/mol. The van der Waals surface area contributed by atoms with E-state index >= 15 is 0 Å². The number of amides is 1. The van der Waals surface area contributed by atoms with E-state index in [-0.39, 0.29) is 18.9 Å². The Morgan fingerprint density at radius 3 is 1.20 bits per heavy atom. The molecule has 0 spiro atoms. The van der Waals surface area contributed by atoms with Gasteiger partial charge in [-0.25, -0.2) is 0 Å². The highest BCUT2D eigenvalue weighted by Crippen LogP contribution is 2.30. The number of aliphatic hydroxyl groups is 8. The molecule has 2 rings (SSSR count). The topological polar surface area (TPSA) is 228 Å². The van der Waals surface area contributed by atoms with Crippen LogP contribution in [-0.2, 0) is 23.7 Å². The summed E-state index contributed by atoms with van der Waals surface area (Å²) < 4.78 is 22.8. The van der Waals surface area contributed by atoms with Crippen LogP contribution in [0.5, 0.6) is 0 Å². The minimum atomic E-state index is -1.79. The van der Waals surface area contributed by atoms with Gasteiger partial charge in [-0.05, 0) is 96.3 Å². The van der Waals surface area contributed by atoms with Gasteiger partial charge < -0.3 is 65.1 Å². The average molecular weight is 1230 g/mol. The first kappa shape index (κ1) is 80.2. The van der Waals surface area contributed by atoms with E-state index in [1.54, 1.807) is 6.08 Å². The first-order valence-electron chi connectivity index (χ1n) is 34.4. The molecular weight excluding hydrogens is 1110 g/mol. The van der Waals surface area contributed by atoms with Crippen LogP contribution in [-0.4, -0.2) is 140 Å². The smallest absolute Gasteiger partial charge is 0.220 e. The van der Waals surface area contributed by atoms with Gasteiger partial charge in [0.25, 0.3) is 0 Å². The van der Waals surface area contributed by atoms with Crippen molar-refractivity contribution in [1.29, 1.82) is 0 Å². The standard InChI is InChI=1S/C74H123NO13/c1-3-5-7-9-11-13-15-17-18-19-20-21-22-23-24-25-26-27-28-29-30-31-32-33-34-35-36-37-38-39-40-41-42-43-44-46-48-50-52-54-56-58-66(79)75-62(63(78)57-55-53-51-49-47-45-16-14-12-10-8-6-4-2)61-85-73-71(84)69(82)72(65(60-77)87-73)88-74-70(83)68(81)67(80)64(59-76)86-74/h5,7,11,13,17-18,20-21,23-24,26-27,29-30,32-33,35-36,38-39,55,57,62-65,67-74,76-78,80-84H,3-4,6,8-10,12,14-16,19,22,25,28,31,34,37,40-54,56,58-61H2,1-2H3,(H,75,79)/b7-5-,13-11-,18-17-,21-20-,24-23-,27-26-,30-29-,33-32-,36-35-,39-38-,57-55+. The largest absolute Gasteiger partial charge is 0.394 e. The third-order valence-corrected chi connectivity index (χ3v) is 15.8. The van der Waals surface area contributed by atoms with Crippen LogP contribution in [0, 0.1) is 0 Å². The molecule has 14 heteroatoms. The maximum Gasteiger partial charge on any atom is 0.220 e. The van der Waals surface area contributed by atoms with Gasteiger partial charge in [0.2, 0.25) is 5.91 Å². The Labute approximate surface area is 532 Å². The summed E-state index contributed by atoms with van der Waals surface area (Å²) in [4.78, 5) is 13.3. The molecule has 0 radical (unpaired) electrons. The summed E-state index contributed by atoms with van der Waals surface area (Å²) in [5, 5.41) is 87.2. The number of rotatable bonds is 54. The molecule has 2 heterocycles. The molecule has 502 valence electrons. The van der Waals surface area contributed by atoms with Crippen LogP contribution in [0.3, 0.4) is 0 Å². The molecule has 1 amide bonds. The number of hydrogen-bond donors (Lipinski definition) is 9. The third-order valence-electron chi connectivity index (χ3n) is 15.8. The summed E-state index contributed by atoms with van der Waals surface area (Å²) in [5.74, 6) is -0.250. The summed E-state index contributed by atoms with van der Waals surface area (Å²) in [7, 11) is 0. The van der Waals surface area contributed by atoms with Gasteiger partial charge in [0.1, 0.15) is 48.8 Å². The highest BCUT2D eigenvalue weighted by molar-refractivity contribution is 5.76. The molecule has 0 aliphatic carbocycles. The molecule has 14 nitrogen and oxygen atoms in total. The summed E-state index contributed by atoms with van der Waals surface area (Å²) in [6.07, 6.45) is 67.9. The Morgan fingerprint density at radius 2 is 0.784 bits per heavy atom. The molecule has 12 unspecified atom stereocenters. The Kier molecular flexibility index (Phi) is 52.0. The predicted molar refractivity (Wildman–Crippen MR) is 359 cm³/mol. The fraction of sp³-hybridized carbons (Fsp3) is 0.689. The van der Waals surface area contributed by atoms with Crippen molar-refractivity contribution in [3.05, 3.63) is 134 Å². The number of carbonyl (C=O) groups excluding carboxylic acids is 1. The van der Waals surface area contributed by atoms with E-state index in [0.29, 0.717) is 6.42 Å². The van der Waals surface area contributed by atoms with E-state index in [1.165, 1.54) is 96.3 Å². The summed E-state index contributed by atoms with van der Waals surface area (Å²) in [6, 6.07) is -0.925. The minimum Gasteiger partial charge on any atom is -0.394 e. The zero-order valence-corrected chi connectivity index (χ0v) is 54.4. The number of nitrogens with one attached hydrogen (secondary N) is 1. The lowest BCUT2D eigenvalue weighted by molar-refractivity contribution is -0.359. The second-order valence-corrected chi connectivity index (χ2v) is 23.6. The van der Waals surface area contributed by atoms with Crippen LogP contribution < -0.4 is 5.32 Å². The minimum absolute atomic E-state index is 0.250. The van der Waals surface area contributed by atoms with Gasteiger partial charge in [-0.15, -0.1) is 0 Å². The lowest BCUT2D eigenvalue weighted by Gasteiger charge is -2.46. The molecule has 2 saturated heterocycles. The highest BCUT2D eigenvalue weighted by Gasteiger charge is 2.51. The summed E-state index contributed by atoms with van der Waals surface area (Å²) in [6.45, 7) is 2.66. The van der Waals surface area contributed by atoms with Crippen molar-refractivity contribution in [3.8, 4) is 0 Å². The molecular formula is C74H123NO13. The van der Waals surface area contributed by atoms with E-state index in [0.717, 1.165) is 109 Å². The average Bonchev–Trinajstić information content (AvgIpc) is 2.45. The van der Waals surface area contributed by atoms with E-state index in [9.17, 15) is 45.6 Å². The first-order valence-corrected chi connectivity index (χ1v) is 34.4. The van der Waals surface area contributed by atoms with Gasteiger partial charge in [0.15, 0.2) is 12.6 Å². The number of hydrogen-bond acceptors (Lipinski definition) is 13. The van der Waals surface area contributed by atoms with Crippen molar-refractivity contribution < 1.29 is 64.6 Å². The molecule has 2 aliphatic heterocycles. The molecule has 88 heavy (non-hydrogen) atoms. The molecule has 2 fully saturated rings. The zero-order chi connectivity index (χ0) is 63.8. The highest BCUT2D eigenvalue weighted by atomic mass is 16.7. The second-order valence-electron chi connectivity index (χ2n) is 23.6. The Balaban J connectivity index is 1.61. The van der Waals surface area contributed by atoms with E-state index in [2.05, 4.69) is 141 Å².